The van der Waals surface area contributed by atoms with Crippen LogP contribution < -0.4 is 10.6 Å². The minimum Gasteiger partial charge on any atom is -0.508 e. The smallest absolute Gasteiger partial charge is 0.408 e. The molecule has 4 aromatic carbocycles. The molecule has 9 nitrogen and oxygen atoms in total. The molecule has 0 aliphatic heterocycles. The van der Waals surface area contributed by atoms with Crippen molar-refractivity contribution in [2.75, 3.05) is 5.32 Å². The van der Waals surface area contributed by atoms with Crippen LogP contribution in [0.25, 0.3) is 10.8 Å². The predicted molar refractivity (Wildman–Crippen MR) is 173 cm³/mol. The monoisotopic (exact) mass is 609 g/mol. The van der Waals surface area contributed by atoms with Gasteiger partial charge in [0.2, 0.25) is 5.91 Å². The van der Waals surface area contributed by atoms with Crippen LogP contribution in [-0.2, 0) is 20.7 Å². The van der Waals surface area contributed by atoms with Crippen LogP contribution in [0.4, 0.5) is 10.5 Å². The number of carbonyl (C=O) groups excluding carboxylic acids is 3. The van der Waals surface area contributed by atoms with Gasteiger partial charge >= 0.3 is 6.09 Å². The lowest BCUT2D eigenvalue weighted by atomic mass is 9.99. The summed E-state index contributed by atoms with van der Waals surface area (Å²) >= 11 is 0. The van der Waals surface area contributed by atoms with Crippen molar-refractivity contribution < 1.29 is 29.3 Å². The molecule has 1 aliphatic carbocycles. The van der Waals surface area contributed by atoms with Crippen molar-refractivity contribution in [2.24, 2.45) is 5.92 Å². The Labute approximate surface area is 262 Å². The highest BCUT2D eigenvalue weighted by molar-refractivity contribution is 6.00. The Hall–Kier alpha value is -5.05. The van der Waals surface area contributed by atoms with Gasteiger partial charge in [0, 0.05) is 18.2 Å². The summed E-state index contributed by atoms with van der Waals surface area (Å²) in [6.07, 6.45) is -0.00420. The van der Waals surface area contributed by atoms with Gasteiger partial charge in [-0.1, -0.05) is 61.5 Å². The molecule has 4 N–H and O–H groups in total. The quantitative estimate of drug-likeness (QED) is 0.176. The molecule has 1 saturated carbocycles. The van der Waals surface area contributed by atoms with Crippen molar-refractivity contribution in [3.63, 3.8) is 0 Å². The molecule has 0 saturated heterocycles. The molecule has 0 bridgehead atoms. The summed E-state index contributed by atoms with van der Waals surface area (Å²) in [7, 11) is 0. The highest BCUT2D eigenvalue weighted by Gasteiger charge is 2.48. The van der Waals surface area contributed by atoms with Crippen molar-refractivity contribution >= 4 is 34.4 Å². The number of nitrogens with zero attached hydrogens (tertiary/aromatic N) is 1. The first-order valence-corrected chi connectivity index (χ1v) is 15.1. The summed E-state index contributed by atoms with van der Waals surface area (Å²) < 4.78 is 5.50. The molecule has 234 valence electrons. The van der Waals surface area contributed by atoms with Gasteiger partial charge in [-0.2, -0.15) is 0 Å². The summed E-state index contributed by atoms with van der Waals surface area (Å²) in [5.74, 6) is -0.781. The van der Waals surface area contributed by atoms with Crippen molar-refractivity contribution in [3.05, 3.63) is 102 Å². The van der Waals surface area contributed by atoms with Crippen LogP contribution in [-0.4, -0.2) is 50.7 Å². The van der Waals surface area contributed by atoms with Crippen LogP contribution in [0.3, 0.4) is 0 Å². The van der Waals surface area contributed by atoms with E-state index < -0.39 is 35.6 Å². The average molecular weight is 610 g/mol. The van der Waals surface area contributed by atoms with Gasteiger partial charge in [-0.05, 0) is 91.4 Å². The van der Waals surface area contributed by atoms with Crippen LogP contribution >= 0.6 is 0 Å². The Morgan fingerprint density at radius 3 is 2.22 bits per heavy atom. The molecule has 4 atom stereocenters. The first kappa shape index (κ1) is 31.4. The maximum Gasteiger partial charge on any atom is 0.408 e. The molecule has 5 rings (SSSR count). The molecule has 3 amide bonds. The minimum atomic E-state index is -1.12. The van der Waals surface area contributed by atoms with E-state index in [0.29, 0.717) is 23.2 Å². The maximum atomic E-state index is 14.6. The number of aromatic hydroxyl groups is 2. The Morgan fingerprint density at radius 2 is 1.58 bits per heavy atom. The van der Waals surface area contributed by atoms with Crippen LogP contribution in [0, 0.1) is 5.92 Å². The third-order valence-corrected chi connectivity index (χ3v) is 7.77. The van der Waals surface area contributed by atoms with E-state index in [1.165, 1.54) is 29.2 Å². The van der Waals surface area contributed by atoms with Gasteiger partial charge in [-0.3, -0.25) is 9.59 Å². The first-order chi connectivity index (χ1) is 21.4. The number of phenolic OH excluding ortho intramolecular Hbond substituents is 2. The molecule has 1 fully saturated rings. The van der Waals surface area contributed by atoms with E-state index in [2.05, 4.69) is 10.6 Å². The number of amides is 3. The van der Waals surface area contributed by atoms with Crippen LogP contribution in [0.2, 0.25) is 0 Å². The molecule has 0 spiro atoms. The molecule has 9 heteroatoms. The number of phenols is 2. The molecule has 0 radical (unpaired) electrons. The van der Waals surface area contributed by atoms with E-state index in [1.54, 1.807) is 45.0 Å². The van der Waals surface area contributed by atoms with E-state index >= 15 is 0 Å². The second-order valence-electron chi connectivity index (χ2n) is 12.6. The highest BCUT2D eigenvalue weighted by atomic mass is 16.6. The zero-order valence-corrected chi connectivity index (χ0v) is 25.9. The average Bonchev–Trinajstić information content (AvgIpc) is 3.70. The van der Waals surface area contributed by atoms with Crippen molar-refractivity contribution in [1.82, 2.24) is 10.2 Å². The number of alkyl carbamates (subject to hydrolysis) is 1. The minimum absolute atomic E-state index is 0.0419. The standard InChI is InChI=1S/C36H39N3O6/c1-22-18-31(22)39(34(43)30(38-35(44)45-36(2,3)4)19-23-12-16-28(40)17-13-23)32(26-10-7-11-29(41)21-26)33(42)37-27-15-14-24-8-5-6-9-25(24)20-27/h5-17,20-22,30-32,40-41H,18-19H2,1-4H3,(H,37,42)(H,38,44). The molecule has 4 aromatic rings. The largest absolute Gasteiger partial charge is 0.508 e. The third-order valence-electron chi connectivity index (χ3n) is 7.77. The Kier molecular flexibility index (Phi) is 8.99. The molecule has 1 aliphatic rings. The van der Waals surface area contributed by atoms with E-state index in [1.807, 2.05) is 49.4 Å². The first-order valence-electron chi connectivity index (χ1n) is 15.1. The second-order valence-corrected chi connectivity index (χ2v) is 12.6. The van der Waals surface area contributed by atoms with Gasteiger partial charge in [0.1, 0.15) is 29.2 Å². The highest BCUT2D eigenvalue weighted by Crippen LogP contribution is 2.41. The summed E-state index contributed by atoms with van der Waals surface area (Å²) in [6.45, 7) is 7.20. The SMILES string of the molecule is CC1CC1N(C(=O)C(Cc1ccc(O)cc1)NC(=O)OC(C)(C)C)C(C(=O)Nc1ccc2ccccc2c1)c1cccc(O)c1. The summed E-state index contributed by atoms with van der Waals surface area (Å²) in [4.78, 5) is 43.4. The zero-order chi connectivity index (χ0) is 32.3. The number of fused-ring (bicyclic) bond motifs is 1. The summed E-state index contributed by atoms with van der Waals surface area (Å²) in [6, 6.07) is 23.6. The lowest BCUT2D eigenvalue weighted by Crippen LogP contribution is -2.54. The van der Waals surface area contributed by atoms with Crippen LogP contribution in [0.5, 0.6) is 11.5 Å². The van der Waals surface area contributed by atoms with Crippen LogP contribution in [0.15, 0.2) is 91.0 Å². The fraction of sp³-hybridized carbons (Fsp3) is 0.306. The lowest BCUT2D eigenvalue weighted by molar-refractivity contribution is -0.141. The number of carbonyl (C=O) groups is 3. The summed E-state index contributed by atoms with van der Waals surface area (Å²) in [5, 5.41) is 27.9. The van der Waals surface area contributed by atoms with Crippen molar-refractivity contribution in [3.8, 4) is 11.5 Å². The zero-order valence-electron chi connectivity index (χ0n) is 25.9. The van der Waals surface area contributed by atoms with Crippen molar-refractivity contribution in [1.29, 1.82) is 0 Å². The molecular weight excluding hydrogens is 570 g/mol. The van der Waals surface area contributed by atoms with Gasteiger partial charge in [-0.25, -0.2) is 4.79 Å². The van der Waals surface area contributed by atoms with Gasteiger partial charge in [-0.15, -0.1) is 0 Å². The van der Waals surface area contributed by atoms with Gasteiger partial charge in [0.05, 0.1) is 0 Å². The number of hydrogen-bond donors (Lipinski definition) is 4. The fourth-order valence-corrected chi connectivity index (χ4v) is 5.48. The fourth-order valence-electron chi connectivity index (χ4n) is 5.48. The van der Waals surface area contributed by atoms with Crippen LogP contribution in [0.1, 0.15) is 51.3 Å². The number of benzene rings is 4. The Balaban J connectivity index is 1.53. The number of anilines is 1. The number of nitrogens with one attached hydrogen (secondary N) is 2. The molecule has 0 aromatic heterocycles. The number of rotatable bonds is 9. The van der Waals surface area contributed by atoms with E-state index in [0.717, 1.165) is 10.8 Å². The molecule has 0 heterocycles. The number of ether oxygens (including phenoxy) is 1. The normalized spacial score (nSPS) is 17.2. The van der Waals surface area contributed by atoms with Gasteiger partial charge in [0.15, 0.2) is 0 Å². The maximum absolute atomic E-state index is 14.6. The van der Waals surface area contributed by atoms with Gasteiger partial charge < -0.3 is 30.5 Å². The second kappa shape index (κ2) is 12.9. The van der Waals surface area contributed by atoms with E-state index in [-0.39, 0.29) is 29.9 Å². The molecule has 4 unspecified atom stereocenters. The van der Waals surface area contributed by atoms with Crippen molar-refractivity contribution in [2.45, 2.75) is 64.3 Å². The van der Waals surface area contributed by atoms with Gasteiger partial charge in [0.25, 0.3) is 5.91 Å². The summed E-state index contributed by atoms with van der Waals surface area (Å²) in [5.41, 5.74) is 0.889. The topological polar surface area (TPSA) is 128 Å². The predicted octanol–water partition coefficient (Wildman–Crippen LogP) is 6.30. The molecule has 45 heavy (non-hydrogen) atoms. The van der Waals surface area contributed by atoms with E-state index in [9.17, 15) is 24.6 Å². The Morgan fingerprint density at radius 1 is 0.889 bits per heavy atom. The Bertz CT molecular complexity index is 1700. The molecular formula is C36H39N3O6. The third kappa shape index (κ3) is 7.92. The van der Waals surface area contributed by atoms with E-state index in [4.69, 9.17) is 4.74 Å². The lowest BCUT2D eigenvalue weighted by Gasteiger charge is -2.35. The number of hydrogen-bond acceptors (Lipinski definition) is 6.